The Hall–Kier alpha value is -3.75. The summed E-state index contributed by atoms with van der Waals surface area (Å²) in [6, 6.07) is 31.5. The molecular weight excluding hydrogens is 660 g/mol. The van der Waals surface area contributed by atoms with Crippen LogP contribution in [0.1, 0.15) is 36.6 Å². The third-order valence-electron chi connectivity index (χ3n) is 7.26. The van der Waals surface area contributed by atoms with E-state index in [1.165, 1.54) is 0 Å². The summed E-state index contributed by atoms with van der Waals surface area (Å²) in [5, 5.41) is 3.59. The number of benzene rings is 4. The van der Waals surface area contributed by atoms with E-state index in [1.54, 1.807) is 14.2 Å². The first-order chi connectivity index (χ1) is 20.4. The van der Waals surface area contributed by atoms with Crippen molar-refractivity contribution >= 4 is 49.2 Å². The van der Waals surface area contributed by atoms with Crippen molar-refractivity contribution in [3.05, 3.63) is 128 Å². The number of hydrogen-bond acceptors (Lipinski definition) is 6. The summed E-state index contributed by atoms with van der Waals surface area (Å²) in [4.78, 5) is 16.3. The largest absolute Gasteiger partial charge is 0.497 e. The maximum absolute atomic E-state index is 13.9. The predicted molar refractivity (Wildman–Crippen MR) is 174 cm³/mol. The molecule has 0 aliphatic carbocycles. The number of methoxy groups -OCH3 is 2. The van der Waals surface area contributed by atoms with Gasteiger partial charge in [-0.2, -0.15) is 0 Å². The molecule has 6 nitrogen and oxygen atoms in total. The number of carbonyl (C=O) groups is 1. The van der Waals surface area contributed by atoms with E-state index >= 15 is 0 Å². The predicted octanol–water partition coefficient (Wildman–Crippen LogP) is 8.85. The molecule has 1 heterocycles. The van der Waals surface area contributed by atoms with E-state index in [4.69, 9.17) is 14.2 Å². The summed E-state index contributed by atoms with van der Waals surface area (Å²) in [5.41, 5.74) is 5.24. The molecule has 0 saturated carbocycles. The molecule has 0 fully saturated rings. The Balaban J connectivity index is 1.77. The summed E-state index contributed by atoms with van der Waals surface area (Å²) < 4.78 is 18.5. The summed E-state index contributed by atoms with van der Waals surface area (Å²) in [5.74, 6) is 1.16. The molecule has 0 saturated heterocycles. The molecule has 0 bridgehead atoms. The Morgan fingerprint density at radius 3 is 1.98 bits per heavy atom. The number of esters is 1. The molecule has 1 aliphatic rings. The van der Waals surface area contributed by atoms with Gasteiger partial charge in [-0.05, 0) is 90.8 Å². The highest BCUT2D eigenvalue weighted by molar-refractivity contribution is 9.10. The van der Waals surface area contributed by atoms with Crippen LogP contribution < -0.4 is 19.7 Å². The fourth-order valence-corrected chi connectivity index (χ4v) is 6.21. The standard InChI is InChI=1S/C34H32Br2N2O4/c1-4-42-34(39)32-30(37-26-11-15-28(40-2)16-12-26)21-31(22-7-5-9-24(35)19-22)38(27-13-17-29(41-3)18-14-27)33(32)23-8-6-10-25(36)20-23/h5-20,31,33,37H,4,21H2,1-3H3/t31-,33+/m0/s1. The first kappa shape index (κ1) is 29.7. The second kappa shape index (κ2) is 13.5. The van der Waals surface area contributed by atoms with E-state index in [0.717, 1.165) is 48.6 Å². The van der Waals surface area contributed by atoms with Crippen molar-refractivity contribution in [2.24, 2.45) is 0 Å². The van der Waals surface area contributed by atoms with Crippen molar-refractivity contribution < 1.29 is 19.0 Å². The third-order valence-corrected chi connectivity index (χ3v) is 8.25. The maximum atomic E-state index is 13.9. The Kier molecular flexibility index (Phi) is 9.55. The van der Waals surface area contributed by atoms with E-state index in [0.29, 0.717) is 12.0 Å². The maximum Gasteiger partial charge on any atom is 0.338 e. The van der Waals surface area contributed by atoms with E-state index in [9.17, 15) is 4.79 Å². The Morgan fingerprint density at radius 2 is 1.40 bits per heavy atom. The third kappa shape index (κ3) is 6.50. The fraction of sp³-hybridized carbons (Fsp3) is 0.206. The number of ether oxygens (including phenoxy) is 3. The van der Waals surface area contributed by atoms with Gasteiger partial charge >= 0.3 is 5.97 Å². The van der Waals surface area contributed by atoms with Crippen LogP contribution >= 0.6 is 31.9 Å². The molecule has 0 amide bonds. The Bertz CT molecular complexity index is 1570. The van der Waals surface area contributed by atoms with Crippen molar-refractivity contribution in [3.63, 3.8) is 0 Å². The van der Waals surface area contributed by atoms with Crippen LogP contribution in [-0.4, -0.2) is 26.8 Å². The van der Waals surface area contributed by atoms with Crippen LogP contribution in [0.15, 0.2) is 117 Å². The van der Waals surface area contributed by atoms with Crippen LogP contribution in [0, 0.1) is 0 Å². The molecule has 4 aromatic carbocycles. The number of anilines is 2. The smallest absolute Gasteiger partial charge is 0.338 e. The molecule has 42 heavy (non-hydrogen) atoms. The van der Waals surface area contributed by atoms with Gasteiger partial charge in [0.25, 0.3) is 0 Å². The van der Waals surface area contributed by atoms with Gasteiger partial charge in [-0.1, -0.05) is 56.1 Å². The molecular formula is C34H32Br2N2O4. The molecule has 0 spiro atoms. The number of nitrogens with one attached hydrogen (secondary N) is 1. The molecule has 5 rings (SSSR count). The lowest BCUT2D eigenvalue weighted by molar-refractivity contribution is -0.139. The zero-order chi connectivity index (χ0) is 29.6. The molecule has 1 aliphatic heterocycles. The van der Waals surface area contributed by atoms with Gasteiger partial charge in [0, 0.05) is 32.4 Å². The van der Waals surface area contributed by atoms with Gasteiger partial charge in [-0.15, -0.1) is 0 Å². The Labute approximate surface area is 263 Å². The SMILES string of the molecule is CCOC(=O)C1=C(Nc2ccc(OC)cc2)C[C@@H](c2cccc(Br)c2)N(c2ccc(OC)cc2)[C@@H]1c1cccc(Br)c1. The molecule has 0 radical (unpaired) electrons. The summed E-state index contributed by atoms with van der Waals surface area (Å²) >= 11 is 7.34. The van der Waals surface area contributed by atoms with Crippen molar-refractivity contribution in [1.82, 2.24) is 0 Å². The molecule has 8 heteroatoms. The van der Waals surface area contributed by atoms with Crippen molar-refractivity contribution in [2.75, 3.05) is 31.0 Å². The average molecular weight is 692 g/mol. The van der Waals surface area contributed by atoms with Gasteiger partial charge in [0.05, 0.1) is 38.5 Å². The molecule has 216 valence electrons. The topological polar surface area (TPSA) is 60.0 Å². The summed E-state index contributed by atoms with van der Waals surface area (Å²) in [7, 11) is 3.30. The van der Waals surface area contributed by atoms with Gasteiger partial charge in [-0.25, -0.2) is 4.79 Å². The monoisotopic (exact) mass is 690 g/mol. The van der Waals surface area contributed by atoms with Crippen molar-refractivity contribution in [1.29, 1.82) is 0 Å². The van der Waals surface area contributed by atoms with E-state index in [-0.39, 0.29) is 18.6 Å². The molecule has 2 atom stereocenters. The quantitative estimate of drug-likeness (QED) is 0.177. The Morgan fingerprint density at radius 1 is 0.833 bits per heavy atom. The van der Waals surface area contributed by atoms with Gasteiger partial charge in [0.15, 0.2) is 0 Å². The van der Waals surface area contributed by atoms with Crippen molar-refractivity contribution in [2.45, 2.75) is 25.4 Å². The number of hydrogen-bond donors (Lipinski definition) is 1. The van der Waals surface area contributed by atoms with Gasteiger partial charge in [-0.3, -0.25) is 0 Å². The van der Waals surface area contributed by atoms with Crippen LogP contribution in [0.25, 0.3) is 0 Å². The minimum Gasteiger partial charge on any atom is -0.497 e. The zero-order valence-electron chi connectivity index (χ0n) is 23.6. The fourth-order valence-electron chi connectivity index (χ4n) is 5.38. The number of nitrogens with zero attached hydrogens (tertiary/aromatic N) is 1. The van der Waals surface area contributed by atoms with E-state index in [2.05, 4.69) is 66.3 Å². The number of carbonyl (C=O) groups excluding carboxylic acids is 1. The van der Waals surface area contributed by atoms with Crippen molar-refractivity contribution in [3.8, 4) is 11.5 Å². The van der Waals surface area contributed by atoms with Crippen LogP contribution in [-0.2, 0) is 9.53 Å². The van der Waals surface area contributed by atoms with Crippen LogP contribution in [0.2, 0.25) is 0 Å². The van der Waals surface area contributed by atoms with Gasteiger partial charge < -0.3 is 24.4 Å². The lowest BCUT2D eigenvalue weighted by Crippen LogP contribution is -2.41. The van der Waals surface area contributed by atoms with E-state index < -0.39 is 6.04 Å². The molecule has 0 unspecified atom stereocenters. The molecule has 0 aromatic heterocycles. The van der Waals surface area contributed by atoms with Crippen LogP contribution in [0.5, 0.6) is 11.5 Å². The number of rotatable bonds is 9. The lowest BCUT2D eigenvalue weighted by atomic mass is 9.84. The minimum atomic E-state index is -0.464. The van der Waals surface area contributed by atoms with Gasteiger partial charge in [0.1, 0.15) is 11.5 Å². The normalized spacial score (nSPS) is 16.6. The minimum absolute atomic E-state index is 0.126. The highest BCUT2D eigenvalue weighted by atomic mass is 79.9. The van der Waals surface area contributed by atoms with Crippen LogP contribution in [0.4, 0.5) is 11.4 Å². The highest BCUT2D eigenvalue weighted by Crippen LogP contribution is 2.49. The van der Waals surface area contributed by atoms with E-state index in [1.807, 2.05) is 79.7 Å². The van der Waals surface area contributed by atoms with Crippen LogP contribution in [0.3, 0.4) is 0 Å². The average Bonchev–Trinajstić information content (AvgIpc) is 3.01. The highest BCUT2D eigenvalue weighted by Gasteiger charge is 2.42. The second-order valence-corrected chi connectivity index (χ2v) is 11.6. The molecule has 1 N–H and O–H groups in total. The summed E-state index contributed by atoms with van der Waals surface area (Å²) in [6.07, 6.45) is 0.535. The first-order valence-electron chi connectivity index (χ1n) is 13.7. The van der Waals surface area contributed by atoms with Gasteiger partial charge in [0.2, 0.25) is 0 Å². The lowest BCUT2D eigenvalue weighted by Gasteiger charge is -2.46. The number of halogens is 2. The first-order valence-corrected chi connectivity index (χ1v) is 15.2. The second-order valence-electron chi connectivity index (χ2n) is 9.80. The summed E-state index contributed by atoms with van der Waals surface area (Å²) in [6.45, 7) is 2.10. The zero-order valence-corrected chi connectivity index (χ0v) is 26.8. The molecule has 4 aromatic rings.